The number of hydrogen-bond acceptors (Lipinski definition) is 2. The third kappa shape index (κ3) is 2.47. The predicted molar refractivity (Wildman–Crippen MR) is 76.4 cm³/mol. The van der Waals surface area contributed by atoms with E-state index in [9.17, 15) is 0 Å². The van der Waals surface area contributed by atoms with E-state index in [1.807, 2.05) is 25.6 Å². The van der Waals surface area contributed by atoms with E-state index in [0.29, 0.717) is 0 Å². The van der Waals surface area contributed by atoms with E-state index in [4.69, 9.17) is 0 Å². The summed E-state index contributed by atoms with van der Waals surface area (Å²) in [5.74, 6) is 0. The maximum absolute atomic E-state index is 3.46. The van der Waals surface area contributed by atoms with E-state index in [1.165, 1.54) is 26.7 Å². The summed E-state index contributed by atoms with van der Waals surface area (Å²) in [6, 6.07) is 14.9. The van der Waals surface area contributed by atoms with Crippen molar-refractivity contribution in [3.63, 3.8) is 0 Å². The molecule has 1 aliphatic heterocycles. The summed E-state index contributed by atoms with van der Waals surface area (Å²) < 4.78 is 0. The first-order chi connectivity index (χ1) is 8.33. The molecule has 0 saturated carbocycles. The average Bonchev–Trinajstić information content (AvgIpc) is 2.38. The summed E-state index contributed by atoms with van der Waals surface area (Å²) in [6.07, 6.45) is 0. The fourth-order valence-corrected chi connectivity index (χ4v) is 2.72. The summed E-state index contributed by atoms with van der Waals surface area (Å²) in [4.78, 5) is 2.60. The Morgan fingerprint density at radius 3 is 2.41 bits per heavy atom. The molecule has 0 aromatic heterocycles. The number of benzene rings is 2. The highest BCUT2D eigenvalue weighted by atomic mass is 32.2. The zero-order valence-corrected chi connectivity index (χ0v) is 11.3. The zero-order chi connectivity index (χ0) is 12.3. The van der Waals surface area contributed by atoms with Gasteiger partial charge in [0.05, 0.1) is 11.4 Å². The van der Waals surface area contributed by atoms with Gasteiger partial charge in [-0.1, -0.05) is 43.8 Å². The first-order valence-electron chi connectivity index (χ1n) is 5.97. The van der Waals surface area contributed by atoms with Crippen molar-refractivity contribution in [2.24, 2.45) is 0 Å². The molecule has 0 atom stereocenters. The Kier molecular flexibility index (Phi) is 3.75. The van der Waals surface area contributed by atoms with Gasteiger partial charge in [-0.15, -0.1) is 0 Å². The van der Waals surface area contributed by atoms with E-state index in [0.717, 1.165) is 0 Å². The van der Waals surface area contributed by atoms with Crippen LogP contribution in [0.3, 0.4) is 0 Å². The molecule has 2 aromatic rings. The Morgan fingerprint density at radius 2 is 1.59 bits per heavy atom. The van der Waals surface area contributed by atoms with Crippen LogP contribution in [-0.2, 0) is 0 Å². The van der Waals surface area contributed by atoms with Crippen molar-refractivity contribution in [3.05, 3.63) is 48.0 Å². The number of aryl methyl sites for hydroxylation is 1. The van der Waals surface area contributed by atoms with Crippen molar-refractivity contribution in [2.45, 2.75) is 30.6 Å². The molecule has 2 aromatic carbocycles. The molecule has 0 aliphatic carbocycles. The van der Waals surface area contributed by atoms with Crippen LogP contribution < -0.4 is 5.32 Å². The van der Waals surface area contributed by atoms with Crippen LogP contribution in [-0.4, -0.2) is 0 Å². The SMILES string of the molecule is CC.Cc1ccc2c(c1)Nc1ccccc1S2. The monoisotopic (exact) mass is 243 g/mol. The minimum Gasteiger partial charge on any atom is -0.354 e. The summed E-state index contributed by atoms with van der Waals surface area (Å²) in [6.45, 7) is 6.12. The molecule has 1 N–H and O–H groups in total. The van der Waals surface area contributed by atoms with E-state index >= 15 is 0 Å². The summed E-state index contributed by atoms with van der Waals surface area (Å²) in [7, 11) is 0. The fourth-order valence-electron chi connectivity index (χ4n) is 1.75. The van der Waals surface area contributed by atoms with Crippen LogP contribution in [0, 0.1) is 6.92 Å². The van der Waals surface area contributed by atoms with E-state index in [-0.39, 0.29) is 0 Å². The van der Waals surface area contributed by atoms with E-state index in [2.05, 4.69) is 54.7 Å². The van der Waals surface area contributed by atoms with Crippen LogP contribution in [0.2, 0.25) is 0 Å². The van der Waals surface area contributed by atoms with Crippen LogP contribution >= 0.6 is 11.8 Å². The van der Waals surface area contributed by atoms with Gasteiger partial charge in [0, 0.05) is 9.79 Å². The van der Waals surface area contributed by atoms with E-state index < -0.39 is 0 Å². The molecule has 1 heterocycles. The van der Waals surface area contributed by atoms with Gasteiger partial charge in [0.25, 0.3) is 0 Å². The number of hydrogen-bond donors (Lipinski definition) is 1. The second-order valence-corrected chi connectivity index (χ2v) is 4.81. The maximum atomic E-state index is 3.46. The third-order valence-corrected chi connectivity index (χ3v) is 3.66. The predicted octanol–water partition coefficient (Wildman–Crippen LogP) is 5.23. The van der Waals surface area contributed by atoms with Crippen LogP contribution in [0.1, 0.15) is 19.4 Å². The van der Waals surface area contributed by atoms with Crippen molar-refractivity contribution in [1.29, 1.82) is 0 Å². The van der Waals surface area contributed by atoms with Gasteiger partial charge in [-0.2, -0.15) is 0 Å². The van der Waals surface area contributed by atoms with Gasteiger partial charge in [0.2, 0.25) is 0 Å². The van der Waals surface area contributed by atoms with Gasteiger partial charge < -0.3 is 5.32 Å². The molecule has 1 nitrogen and oxygen atoms in total. The largest absolute Gasteiger partial charge is 0.354 e. The van der Waals surface area contributed by atoms with Crippen LogP contribution in [0.4, 0.5) is 11.4 Å². The lowest BCUT2D eigenvalue weighted by Crippen LogP contribution is -1.99. The minimum absolute atomic E-state index is 1.21. The molecule has 0 bridgehead atoms. The molecule has 17 heavy (non-hydrogen) atoms. The Morgan fingerprint density at radius 1 is 0.882 bits per heavy atom. The zero-order valence-electron chi connectivity index (χ0n) is 10.4. The summed E-state index contributed by atoms with van der Waals surface area (Å²) in [5.41, 5.74) is 3.72. The first-order valence-corrected chi connectivity index (χ1v) is 6.79. The molecular weight excluding hydrogens is 226 g/mol. The van der Waals surface area contributed by atoms with Crippen molar-refractivity contribution in [2.75, 3.05) is 5.32 Å². The highest BCUT2D eigenvalue weighted by Crippen LogP contribution is 2.43. The number of para-hydroxylation sites is 1. The van der Waals surface area contributed by atoms with Crippen LogP contribution in [0.15, 0.2) is 52.3 Å². The van der Waals surface area contributed by atoms with Crippen LogP contribution in [0.25, 0.3) is 0 Å². The molecule has 3 rings (SSSR count). The number of nitrogens with one attached hydrogen (secondary N) is 1. The molecule has 2 heteroatoms. The number of rotatable bonds is 0. The van der Waals surface area contributed by atoms with Gasteiger partial charge in [-0.3, -0.25) is 0 Å². The average molecular weight is 243 g/mol. The quantitative estimate of drug-likeness (QED) is 0.580. The molecule has 0 radical (unpaired) electrons. The Balaban J connectivity index is 0.000000514. The summed E-state index contributed by atoms with van der Waals surface area (Å²) >= 11 is 1.83. The third-order valence-electron chi connectivity index (χ3n) is 2.51. The maximum Gasteiger partial charge on any atom is 0.0529 e. The lowest BCUT2D eigenvalue weighted by molar-refractivity contribution is 1.29. The molecule has 0 unspecified atom stereocenters. The van der Waals surface area contributed by atoms with Gasteiger partial charge in [-0.05, 0) is 36.8 Å². The second kappa shape index (κ2) is 5.28. The Hall–Kier alpha value is -1.41. The van der Waals surface area contributed by atoms with Gasteiger partial charge in [-0.25, -0.2) is 0 Å². The molecule has 1 aliphatic rings. The smallest absolute Gasteiger partial charge is 0.0529 e. The Labute approximate surface area is 107 Å². The highest BCUT2D eigenvalue weighted by molar-refractivity contribution is 7.99. The van der Waals surface area contributed by atoms with Crippen LogP contribution in [0.5, 0.6) is 0 Å². The minimum atomic E-state index is 1.21. The van der Waals surface area contributed by atoms with Gasteiger partial charge in [0.1, 0.15) is 0 Å². The normalized spacial score (nSPS) is 11.5. The lowest BCUT2D eigenvalue weighted by atomic mass is 10.2. The molecule has 88 valence electrons. The lowest BCUT2D eigenvalue weighted by Gasteiger charge is -2.20. The summed E-state index contributed by atoms with van der Waals surface area (Å²) in [5, 5.41) is 3.46. The topological polar surface area (TPSA) is 12.0 Å². The van der Waals surface area contributed by atoms with E-state index in [1.54, 1.807) is 0 Å². The molecule has 0 fully saturated rings. The molecule has 0 saturated heterocycles. The number of anilines is 2. The van der Waals surface area contributed by atoms with Crippen molar-refractivity contribution in [1.82, 2.24) is 0 Å². The number of fused-ring (bicyclic) bond motifs is 2. The van der Waals surface area contributed by atoms with Crippen molar-refractivity contribution >= 4 is 23.1 Å². The fraction of sp³-hybridized carbons (Fsp3) is 0.200. The standard InChI is InChI=1S/C13H11NS.C2H6/c1-9-6-7-13-11(8-9)14-10-4-2-3-5-12(10)15-13;1-2/h2-8,14H,1H3;1-2H3. The Bertz CT molecular complexity index is 520. The highest BCUT2D eigenvalue weighted by Gasteiger charge is 2.14. The first kappa shape index (κ1) is 12.1. The second-order valence-electron chi connectivity index (χ2n) is 3.72. The van der Waals surface area contributed by atoms with Crippen molar-refractivity contribution in [3.8, 4) is 0 Å². The molecular formula is C15H17NS. The van der Waals surface area contributed by atoms with Gasteiger partial charge >= 0.3 is 0 Å². The molecule has 0 spiro atoms. The van der Waals surface area contributed by atoms with Crippen molar-refractivity contribution < 1.29 is 0 Å². The molecule has 0 amide bonds. The van der Waals surface area contributed by atoms with Gasteiger partial charge in [0.15, 0.2) is 0 Å².